The van der Waals surface area contributed by atoms with Crippen LogP contribution < -0.4 is 5.32 Å². The van der Waals surface area contributed by atoms with Crippen molar-refractivity contribution in [2.45, 2.75) is 31.5 Å². The molecule has 0 spiro atoms. The molecule has 0 unspecified atom stereocenters. The number of aryl methyl sites for hydroxylation is 1. The number of carbonyl (C=O) groups is 1. The number of anilines is 1. The van der Waals surface area contributed by atoms with Gasteiger partial charge in [-0.25, -0.2) is 0 Å². The molecule has 0 bridgehead atoms. The largest absolute Gasteiger partial charge is 0.385 e. The summed E-state index contributed by atoms with van der Waals surface area (Å²) in [5, 5.41) is 12.4. The highest BCUT2D eigenvalue weighted by atomic mass is 32.2. The summed E-state index contributed by atoms with van der Waals surface area (Å²) in [6, 6.07) is 11.7. The fourth-order valence-electron chi connectivity index (χ4n) is 2.95. The van der Waals surface area contributed by atoms with Crippen LogP contribution in [0, 0.1) is 0 Å². The zero-order valence-electron chi connectivity index (χ0n) is 16.7. The van der Waals surface area contributed by atoms with Crippen molar-refractivity contribution in [3.05, 3.63) is 54.4 Å². The van der Waals surface area contributed by atoms with Gasteiger partial charge in [0.15, 0.2) is 11.0 Å². The Bertz CT molecular complexity index is 930. The van der Waals surface area contributed by atoms with Gasteiger partial charge in [-0.1, -0.05) is 36.9 Å². The van der Waals surface area contributed by atoms with Gasteiger partial charge in [-0.05, 0) is 36.6 Å². The Balaban J connectivity index is 1.71. The number of para-hydroxylation sites is 1. The molecule has 1 aromatic carbocycles. The van der Waals surface area contributed by atoms with E-state index < -0.39 is 0 Å². The van der Waals surface area contributed by atoms with Crippen LogP contribution in [0.2, 0.25) is 0 Å². The number of pyridine rings is 1. The summed E-state index contributed by atoms with van der Waals surface area (Å²) in [4.78, 5) is 16.5. The Morgan fingerprint density at radius 3 is 2.72 bits per heavy atom. The Hall–Kier alpha value is -2.71. The Labute approximate surface area is 174 Å². The van der Waals surface area contributed by atoms with Gasteiger partial charge in [0.1, 0.15) is 0 Å². The van der Waals surface area contributed by atoms with E-state index in [1.807, 2.05) is 41.0 Å². The van der Waals surface area contributed by atoms with Crippen LogP contribution in [0.1, 0.15) is 18.9 Å². The fourth-order valence-corrected chi connectivity index (χ4v) is 3.71. The minimum Gasteiger partial charge on any atom is -0.385 e. The molecule has 0 radical (unpaired) electrons. The molecule has 0 aliphatic carbocycles. The average Bonchev–Trinajstić information content (AvgIpc) is 3.16. The summed E-state index contributed by atoms with van der Waals surface area (Å²) in [6.45, 7) is 3.43. The summed E-state index contributed by atoms with van der Waals surface area (Å²) in [6.07, 6.45) is 5.16. The van der Waals surface area contributed by atoms with E-state index in [1.165, 1.54) is 11.8 Å². The van der Waals surface area contributed by atoms with Crippen LogP contribution in [0.3, 0.4) is 0 Å². The van der Waals surface area contributed by atoms with Crippen molar-refractivity contribution in [1.82, 2.24) is 19.7 Å². The second kappa shape index (κ2) is 10.7. The van der Waals surface area contributed by atoms with Gasteiger partial charge in [-0.3, -0.25) is 9.78 Å². The highest BCUT2D eigenvalue weighted by molar-refractivity contribution is 7.99. The molecule has 1 N–H and O–H groups in total. The third-order valence-corrected chi connectivity index (χ3v) is 5.36. The van der Waals surface area contributed by atoms with Crippen molar-refractivity contribution < 1.29 is 9.53 Å². The molecule has 0 aliphatic heterocycles. The number of methoxy groups -OCH3 is 1. The lowest BCUT2D eigenvalue weighted by Crippen LogP contribution is -2.16. The number of ether oxygens (including phenoxy) is 1. The highest BCUT2D eigenvalue weighted by Crippen LogP contribution is 2.24. The molecule has 0 fully saturated rings. The number of benzene rings is 1. The molecule has 0 aliphatic rings. The number of hydrogen-bond donors (Lipinski definition) is 1. The predicted octanol–water partition coefficient (Wildman–Crippen LogP) is 3.67. The van der Waals surface area contributed by atoms with Crippen molar-refractivity contribution >= 4 is 23.4 Å². The minimum atomic E-state index is -0.0622. The lowest BCUT2D eigenvalue weighted by molar-refractivity contribution is -0.113. The molecular formula is C21H25N5O2S. The number of thioether (sulfide) groups is 1. The summed E-state index contributed by atoms with van der Waals surface area (Å²) in [5.74, 6) is 0.965. The third kappa shape index (κ3) is 5.65. The summed E-state index contributed by atoms with van der Waals surface area (Å²) < 4.78 is 7.21. The molecule has 29 heavy (non-hydrogen) atoms. The maximum Gasteiger partial charge on any atom is 0.234 e. The maximum absolute atomic E-state index is 12.5. The number of amides is 1. The number of carbonyl (C=O) groups excluding carboxylic acids is 1. The maximum atomic E-state index is 12.5. The second-order valence-electron chi connectivity index (χ2n) is 6.39. The molecule has 0 saturated carbocycles. The van der Waals surface area contributed by atoms with E-state index in [9.17, 15) is 4.79 Å². The van der Waals surface area contributed by atoms with Crippen LogP contribution in [0.4, 0.5) is 5.69 Å². The Kier molecular flexibility index (Phi) is 7.77. The predicted molar refractivity (Wildman–Crippen MR) is 115 cm³/mol. The number of hydrogen-bond acceptors (Lipinski definition) is 6. The first-order valence-electron chi connectivity index (χ1n) is 9.56. The number of aromatic nitrogens is 4. The van der Waals surface area contributed by atoms with Gasteiger partial charge in [0.25, 0.3) is 0 Å². The van der Waals surface area contributed by atoms with E-state index >= 15 is 0 Å². The van der Waals surface area contributed by atoms with E-state index in [4.69, 9.17) is 4.74 Å². The zero-order chi connectivity index (χ0) is 20.5. The van der Waals surface area contributed by atoms with E-state index in [0.717, 1.165) is 35.5 Å². The van der Waals surface area contributed by atoms with Crippen LogP contribution >= 0.6 is 11.8 Å². The quantitative estimate of drug-likeness (QED) is 0.405. The summed E-state index contributed by atoms with van der Waals surface area (Å²) in [7, 11) is 1.68. The van der Waals surface area contributed by atoms with Crippen molar-refractivity contribution in [2.75, 3.05) is 24.8 Å². The number of nitrogens with one attached hydrogen (secondary N) is 1. The number of nitrogens with zero attached hydrogens (tertiary/aromatic N) is 4. The van der Waals surface area contributed by atoms with Crippen LogP contribution in [-0.4, -0.2) is 45.1 Å². The van der Waals surface area contributed by atoms with E-state index in [-0.39, 0.29) is 11.7 Å². The van der Waals surface area contributed by atoms with Crippen molar-refractivity contribution in [1.29, 1.82) is 0 Å². The molecule has 152 valence electrons. The second-order valence-corrected chi connectivity index (χ2v) is 7.33. The highest BCUT2D eigenvalue weighted by Gasteiger charge is 2.16. The first-order valence-corrected chi connectivity index (χ1v) is 10.5. The van der Waals surface area contributed by atoms with Crippen LogP contribution in [0.25, 0.3) is 11.4 Å². The van der Waals surface area contributed by atoms with Crippen LogP contribution in [0.15, 0.2) is 53.9 Å². The minimum absolute atomic E-state index is 0.0622. The molecule has 2 aromatic heterocycles. The molecule has 2 heterocycles. The van der Waals surface area contributed by atoms with Gasteiger partial charge >= 0.3 is 0 Å². The molecule has 8 heteroatoms. The topological polar surface area (TPSA) is 81.9 Å². The fraction of sp³-hybridized carbons (Fsp3) is 0.333. The average molecular weight is 412 g/mol. The SMILES string of the molecule is CCc1ccccc1NC(=O)CSc1nnc(-c2ccncc2)n1CCCOC. The summed E-state index contributed by atoms with van der Waals surface area (Å²) in [5.41, 5.74) is 2.92. The lowest BCUT2D eigenvalue weighted by atomic mass is 10.1. The van der Waals surface area contributed by atoms with E-state index in [2.05, 4.69) is 27.4 Å². The monoisotopic (exact) mass is 411 g/mol. The summed E-state index contributed by atoms with van der Waals surface area (Å²) >= 11 is 1.38. The molecule has 0 saturated heterocycles. The molecule has 3 rings (SSSR count). The first-order chi connectivity index (χ1) is 14.2. The van der Waals surface area contributed by atoms with Gasteiger partial charge < -0.3 is 14.6 Å². The van der Waals surface area contributed by atoms with Gasteiger partial charge in [0.05, 0.1) is 5.75 Å². The molecular weight excluding hydrogens is 386 g/mol. The zero-order valence-corrected chi connectivity index (χ0v) is 17.5. The van der Waals surface area contributed by atoms with Gasteiger partial charge in [0, 0.05) is 43.9 Å². The van der Waals surface area contributed by atoms with E-state index in [1.54, 1.807) is 19.5 Å². The van der Waals surface area contributed by atoms with Crippen molar-refractivity contribution in [2.24, 2.45) is 0 Å². The van der Waals surface area contributed by atoms with Crippen molar-refractivity contribution in [3.8, 4) is 11.4 Å². The lowest BCUT2D eigenvalue weighted by Gasteiger charge is -2.11. The standard InChI is InChI=1S/C21H25N5O2S/c1-3-16-7-4-5-8-18(16)23-19(27)15-29-21-25-24-20(17-9-11-22-12-10-17)26(21)13-6-14-28-2/h4-5,7-12H,3,6,13-15H2,1-2H3,(H,23,27). The first kappa shape index (κ1) is 21.0. The van der Waals surface area contributed by atoms with Crippen LogP contribution in [0.5, 0.6) is 0 Å². The molecule has 1 amide bonds. The number of rotatable bonds is 10. The van der Waals surface area contributed by atoms with Gasteiger partial charge in [-0.2, -0.15) is 0 Å². The van der Waals surface area contributed by atoms with Crippen LogP contribution in [-0.2, 0) is 22.5 Å². The van der Waals surface area contributed by atoms with E-state index in [0.29, 0.717) is 18.3 Å². The smallest absolute Gasteiger partial charge is 0.234 e. The third-order valence-electron chi connectivity index (χ3n) is 4.39. The Morgan fingerprint density at radius 1 is 1.17 bits per heavy atom. The van der Waals surface area contributed by atoms with Gasteiger partial charge in [0.2, 0.25) is 5.91 Å². The van der Waals surface area contributed by atoms with Crippen molar-refractivity contribution in [3.63, 3.8) is 0 Å². The normalized spacial score (nSPS) is 10.8. The molecule has 3 aromatic rings. The molecule has 0 atom stereocenters. The van der Waals surface area contributed by atoms with Gasteiger partial charge in [-0.15, -0.1) is 10.2 Å². The Morgan fingerprint density at radius 2 is 1.97 bits per heavy atom. The molecule has 7 nitrogen and oxygen atoms in total.